The second-order valence-corrected chi connectivity index (χ2v) is 7.79. The number of carbonyl (C=O) groups is 4. The lowest BCUT2D eigenvalue weighted by Crippen LogP contribution is -2.54. The second kappa shape index (κ2) is 8.23. The lowest BCUT2D eigenvalue weighted by atomic mass is 10.0. The first-order valence-corrected chi connectivity index (χ1v) is 10.1. The Morgan fingerprint density at radius 2 is 1.70 bits per heavy atom. The van der Waals surface area contributed by atoms with Crippen LogP contribution in [-0.2, 0) is 9.59 Å². The molecule has 1 aliphatic rings. The van der Waals surface area contributed by atoms with Crippen LogP contribution in [0.2, 0.25) is 0 Å². The molecule has 1 aromatic heterocycles. The third-order valence-electron chi connectivity index (χ3n) is 5.31. The summed E-state index contributed by atoms with van der Waals surface area (Å²) in [4.78, 5) is 50.3. The van der Waals surface area contributed by atoms with Crippen molar-refractivity contribution in [2.45, 2.75) is 20.8 Å². The van der Waals surface area contributed by atoms with E-state index in [1.165, 1.54) is 12.1 Å². The van der Waals surface area contributed by atoms with Crippen LogP contribution in [0, 0.1) is 20.8 Å². The lowest BCUT2D eigenvalue weighted by Gasteiger charge is -2.26. The first kappa shape index (κ1) is 21.8. The number of rotatable bonds is 4. The molecule has 3 aromatic rings. The normalized spacial score (nSPS) is 15.2. The molecule has 1 aliphatic heterocycles. The number of carbonyl (C=O) groups excluding carboxylic acids is 3. The maximum atomic E-state index is 13.1. The van der Waals surface area contributed by atoms with Gasteiger partial charge in [0, 0.05) is 5.56 Å². The highest BCUT2D eigenvalue weighted by Crippen LogP contribution is 2.29. The van der Waals surface area contributed by atoms with E-state index in [1.54, 1.807) is 43.3 Å². The first-order valence-electron chi connectivity index (χ1n) is 10.1. The van der Waals surface area contributed by atoms with E-state index in [1.807, 2.05) is 19.9 Å². The molecule has 4 rings (SSSR count). The summed E-state index contributed by atoms with van der Waals surface area (Å²) in [6.07, 6.45) is 1.26. The second-order valence-electron chi connectivity index (χ2n) is 7.79. The van der Waals surface area contributed by atoms with Gasteiger partial charge in [-0.15, -0.1) is 0 Å². The third-order valence-corrected chi connectivity index (χ3v) is 5.31. The molecular weight excluding hydrogens is 424 g/mol. The molecule has 8 nitrogen and oxygen atoms in total. The number of barbiturate groups is 1. The number of anilines is 1. The van der Waals surface area contributed by atoms with Gasteiger partial charge in [0.1, 0.15) is 17.1 Å². The van der Waals surface area contributed by atoms with Crippen LogP contribution in [0.25, 0.3) is 17.4 Å². The molecular formula is C25H20N2O6. The van der Waals surface area contributed by atoms with Gasteiger partial charge in [-0.05, 0) is 73.9 Å². The largest absolute Gasteiger partial charge is 0.478 e. The molecule has 1 fully saturated rings. The molecule has 0 saturated carbocycles. The lowest BCUT2D eigenvalue weighted by molar-refractivity contribution is -0.122. The molecule has 0 atom stereocenters. The number of hydrogen-bond donors (Lipinski definition) is 2. The van der Waals surface area contributed by atoms with Gasteiger partial charge >= 0.3 is 12.0 Å². The van der Waals surface area contributed by atoms with Gasteiger partial charge in [-0.3, -0.25) is 14.9 Å². The van der Waals surface area contributed by atoms with Gasteiger partial charge < -0.3 is 9.52 Å². The predicted molar refractivity (Wildman–Crippen MR) is 121 cm³/mol. The summed E-state index contributed by atoms with van der Waals surface area (Å²) < 4.78 is 5.79. The SMILES string of the molecule is Cc1cc(C)cc(N2C(=O)NC(=O)/C(=C\c3ccc(-c4cccc(C(=O)O)c4C)o3)C2=O)c1. The molecule has 166 valence electrons. The molecule has 2 heterocycles. The van der Waals surface area contributed by atoms with E-state index in [2.05, 4.69) is 5.32 Å². The predicted octanol–water partition coefficient (Wildman–Crippen LogP) is 4.24. The van der Waals surface area contributed by atoms with Gasteiger partial charge in [-0.1, -0.05) is 18.2 Å². The Kier molecular flexibility index (Phi) is 5.43. The number of aryl methyl sites for hydroxylation is 2. The average Bonchev–Trinajstić information content (AvgIpc) is 3.18. The van der Waals surface area contributed by atoms with E-state index in [4.69, 9.17) is 4.42 Å². The molecule has 33 heavy (non-hydrogen) atoms. The Morgan fingerprint density at radius 1 is 1.00 bits per heavy atom. The van der Waals surface area contributed by atoms with Crippen molar-refractivity contribution < 1.29 is 28.7 Å². The Morgan fingerprint density at radius 3 is 2.36 bits per heavy atom. The summed E-state index contributed by atoms with van der Waals surface area (Å²) >= 11 is 0. The average molecular weight is 444 g/mol. The van der Waals surface area contributed by atoms with Gasteiger partial charge in [0.15, 0.2) is 0 Å². The number of imide groups is 2. The molecule has 0 aliphatic carbocycles. The summed E-state index contributed by atoms with van der Waals surface area (Å²) in [6, 6.07) is 12.5. The molecule has 2 aromatic carbocycles. The Balaban J connectivity index is 1.71. The van der Waals surface area contributed by atoms with Crippen LogP contribution in [0.5, 0.6) is 0 Å². The highest BCUT2D eigenvalue weighted by Gasteiger charge is 2.37. The molecule has 0 spiro atoms. The smallest absolute Gasteiger partial charge is 0.335 e. The number of amides is 4. The molecule has 0 unspecified atom stereocenters. The summed E-state index contributed by atoms with van der Waals surface area (Å²) in [6.45, 7) is 5.36. The topological polar surface area (TPSA) is 117 Å². The fraction of sp³-hybridized carbons (Fsp3) is 0.120. The number of benzene rings is 2. The van der Waals surface area contributed by atoms with Crippen LogP contribution in [-0.4, -0.2) is 28.9 Å². The zero-order valence-electron chi connectivity index (χ0n) is 18.1. The molecule has 0 bridgehead atoms. The minimum Gasteiger partial charge on any atom is -0.478 e. The van der Waals surface area contributed by atoms with Crippen LogP contribution in [0.1, 0.15) is 32.8 Å². The number of urea groups is 1. The summed E-state index contributed by atoms with van der Waals surface area (Å²) in [7, 11) is 0. The highest BCUT2D eigenvalue weighted by atomic mass is 16.4. The Labute approximate surface area is 189 Å². The Hall–Kier alpha value is -4.46. The van der Waals surface area contributed by atoms with Gasteiger partial charge in [-0.25, -0.2) is 14.5 Å². The highest BCUT2D eigenvalue weighted by molar-refractivity contribution is 6.39. The number of carboxylic acid groups (broad SMARTS) is 1. The fourth-order valence-electron chi connectivity index (χ4n) is 3.82. The van der Waals surface area contributed by atoms with Gasteiger partial charge in [-0.2, -0.15) is 0 Å². The number of nitrogens with one attached hydrogen (secondary N) is 1. The number of furan rings is 1. The van der Waals surface area contributed by atoms with Crippen LogP contribution in [0.4, 0.5) is 10.5 Å². The van der Waals surface area contributed by atoms with Crippen molar-refractivity contribution in [3.05, 3.63) is 82.1 Å². The van der Waals surface area contributed by atoms with Crippen molar-refractivity contribution in [3.8, 4) is 11.3 Å². The molecule has 0 radical (unpaired) electrons. The zero-order chi connectivity index (χ0) is 23.9. The van der Waals surface area contributed by atoms with Gasteiger partial charge in [0.25, 0.3) is 11.8 Å². The number of hydrogen-bond acceptors (Lipinski definition) is 5. The summed E-state index contributed by atoms with van der Waals surface area (Å²) in [5.74, 6) is -2.06. The molecule has 2 N–H and O–H groups in total. The first-order chi connectivity index (χ1) is 15.7. The minimum absolute atomic E-state index is 0.147. The van der Waals surface area contributed by atoms with Crippen molar-refractivity contribution in [2.75, 3.05) is 4.90 Å². The van der Waals surface area contributed by atoms with Crippen LogP contribution in [0.3, 0.4) is 0 Å². The zero-order valence-corrected chi connectivity index (χ0v) is 18.1. The summed E-state index contributed by atoms with van der Waals surface area (Å²) in [5.41, 5.74) is 3.07. The van der Waals surface area contributed by atoms with Crippen molar-refractivity contribution >= 4 is 35.6 Å². The summed E-state index contributed by atoms with van der Waals surface area (Å²) in [5, 5.41) is 11.5. The monoisotopic (exact) mass is 444 g/mol. The van der Waals surface area contributed by atoms with Crippen LogP contribution < -0.4 is 10.2 Å². The third kappa shape index (κ3) is 4.06. The van der Waals surface area contributed by atoms with Crippen molar-refractivity contribution in [1.29, 1.82) is 0 Å². The molecule has 4 amide bonds. The van der Waals surface area contributed by atoms with E-state index in [0.717, 1.165) is 16.0 Å². The maximum absolute atomic E-state index is 13.1. The van der Waals surface area contributed by atoms with Crippen molar-refractivity contribution in [3.63, 3.8) is 0 Å². The van der Waals surface area contributed by atoms with Gasteiger partial charge in [0.05, 0.1) is 11.3 Å². The molecule has 8 heteroatoms. The standard InChI is InChI=1S/C25H20N2O6/c1-13-9-14(2)11-16(10-13)27-23(29)20(22(28)26-25(27)32)12-17-7-8-21(33-17)18-5-4-6-19(15(18)3)24(30)31/h4-12H,1-3H3,(H,30,31)(H,26,28,32)/b20-12+. The van der Waals surface area contributed by atoms with E-state index in [0.29, 0.717) is 22.6 Å². The number of aromatic carboxylic acids is 1. The number of carboxylic acids is 1. The van der Waals surface area contributed by atoms with E-state index < -0.39 is 23.8 Å². The fourth-order valence-corrected chi connectivity index (χ4v) is 3.82. The van der Waals surface area contributed by atoms with Crippen molar-refractivity contribution in [2.24, 2.45) is 0 Å². The van der Waals surface area contributed by atoms with Crippen LogP contribution >= 0.6 is 0 Å². The van der Waals surface area contributed by atoms with E-state index in [9.17, 15) is 24.3 Å². The van der Waals surface area contributed by atoms with E-state index in [-0.39, 0.29) is 16.9 Å². The Bertz CT molecular complexity index is 1340. The minimum atomic E-state index is -1.05. The van der Waals surface area contributed by atoms with E-state index >= 15 is 0 Å². The maximum Gasteiger partial charge on any atom is 0.335 e. The quantitative estimate of drug-likeness (QED) is 0.459. The van der Waals surface area contributed by atoms with Crippen molar-refractivity contribution in [1.82, 2.24) is 5.32 Å². The number of nitrogens with zero attached hydrogens (tertiary/aromatic N) is 1. The molecule has 1 saturated heterocycles. The van der Waals surface area contributed by atoms with Gasteiger partial charge in [0.2, 0.25) is 0 Å². The van der Waals surface area contributed by atoms with Crippen LogP contribution in [0.15, 0.2) is 58.5 Å².